The van der Waals surface area contributed by atoms with Gasteiger partial charge in [-0.3, -0.25) is 4.90 Å². The summed E-state index contributed by atoms with van der Waals surface area (Å²) < 4.78 is 0. The van der Waals surface area contributed by atoms with E-state index in [4.69, 9.17) is 0 Å². The van der Waals surface area contributed by atoms with Gasteiger partial charge in [-0.1, -0.05) is 13.8 Å². The van der Waals surface area contributed by atoms with Crippen molar-refractivity contribution in [3.63, 3.8) is 0 Å². The van der Waals surface area contributed by atoms with Crippen molar-refractivity contribution in [1.82, 2.24) is 14.9 Å². The van der Waals surface area contributed by atoms with Crippen LogP contribution in [0.1, 0.15) is 26.7 Å². The van der Waals surface area contributed by atoms with Crippen LogP contribution in [0.4, 0.5) is 11.6 Å². The highest BCUT2D eigenvalue weighted by Crippen LogP contribution is 2.16. The van der Waals surface area contributed by atoms with Gasteiger partial charge >= 0.3 is 0 Å². The van der Waals surface area contributed by atoms with E-state index >= 15 is 0 Å². The fourth-order valence-electron chi connectivity index (χ4n) is 2.39. The molecule has 0 aliphatic carbocycles. The fraction of sp³-hybridized carbons (Fsp3) is 0.714. The van der Waals surface area contributed by atoms with E-state index in [0.717, 1.165) is 50.8 Å². The molecule has 5 nitrogen and oxygen atoms in total. The van der Waals surface area contributed by atoms with Crippen LogP contribution in [0.2, 0.25) is 0 Å². The van der Waals surface area contributed by atoms with Gasteiger partial charge in [-0.05, 0) is 19.4 Å². The first-order chi connectivity index (χ1) is 9.33. The lowest BCUT2D eigenvalue weighted by molar-refractivity contribution is 0.258. The topological polar surface area (TPSA) is 44.3 Å². The van der Waals surface area contributed by atoms with Crippen LogP contribution < -0.4 is 10.2 Å². The lowest BCUT2D eigenvalue weighted by Gasteiger charge is -2.35. The van der Waals surface area contributed by atoms with Crippen LogP contribution in [-0.4, -0.2) is 54.1 Å². The molecule has 1 N–H and O–H groups in total. The highest BCUT2D eigenvalue weighted by atomic mass is 15.3. The molecule has 0 radical (unpaired) electrons. The van der Waals surface area contributed by atoms with Crippen LogP contribution in [0.15, 0.2) is 12.4 Å². The van der Waals surface area contributed by atoms with Gasteiger partial charge in [-0.2, -0.15) is 0 Å². The number of hydrogen-bond donors (Lipinski definition) is 1. The van der Waals surface area contributed by atoms with Gasteiger partial charge in [0, 0.05) is 38.8 Å². The highest BCUT2D eigenvalue weighted by molar-refractivity contribution is 5.48. The molecule has 1 saturated heterocycles. The average molecular weight is 263 g/mol. The van der Waals surface area contributed by atoms with Gasteiger partial charge < -0.3 is 10.2 Å². The van der Waals surface area contributed by atoms with E-state index in [1.165, 1.54) is 13.0 Å². The Labute approximate surface area is 116 Å². The van der Waals surface area contributed by atoms with Crippen LogP contribution in [-0.2, 0) is 0 Å². The summed E-state index contributed by atoms with van der Waals surface area (Å²) in [6.45, 7) is 11.0. The molecule has 1 aromatic heterocycles. The van der Waals surface area contributed by atoms with E-state index in [9.17, 15) is 0 Å². The van der Waals surface area contributed by atoms with Crippen LogP contribution in [0.3, 0.4) is 0 Å². The van der Waals surface area contributed by atoms with E-state index < -0.39 is 0 Å². The molecule has 0 spiro atoms. The zero-order valence-corrected chi connectivity index (χ0v) is 12.1. The highest BCUT2D eigenvalue weighted by Gasteiger charge is 2.17. The second-order valence-corrected chi connectivity index (χ2v) is 5.02. The van der Waals surface area contributed by atoms with Gasteiger partial charge in [0.2, 0.25) is 0 Å². The third-order valence-electron chi connectivity index (χ3n) is 3.44. The lowest BCUT2D eigenvalue weighted by Crippen LogP contribution is -2.46. The summed E-state index contributed by atoms with van der Waals surface area (Å²) in [4.78, 5) is 13.5. The molecule has 1 aromatic rings. The fourth-order valence-corrected chi connectivity index (χ4v) is 2.39. The molecule has 5 heteroatoms. The molecule has 1 aliphatic heterocycles. The van der Waals surface area contributed by atoms with Gasteiger partial charge in [-0.25, -0.2) is 9.97 Å². The molecular weight excluding hydrogens is 238 g/mol. The summed E-state index contributed by atoms with van der Waals surface area (Å²) in [5, 5.41) is 3.31. The maximum absolute atomic E-state index is 4.40. The van der Waals surface area contributed by atoms with Crippen molar-refractivity contribution in [3.05, 3.63) is 12.4 Å². The SMILES string of the molecule is CCCNc1cc(N2CCN(CCC)CC2)ncn1. The number of nitrogens with zero attached hydrogens (tertiary/aromatic N) is 4. The van der Waals surface area contributed by atoms with Crippen molar-refractivity contribution in [2.45, 2.75) is 26.7 Å². The number of anilines is 2. The normalized spacial score (nSPS) is 16.6. The third kappa shape index (κ3) is 4.06. The molecule has 1 aliphatic rings. The zero-order valence-electron chi connectivity index (χ0n) is 12.1. The summed E-state index contributed by atoms with van der Waals surface area (Å²) in [7, 11) is 0. The summed E-state index contributed by atoms with van der Waals surface area (Å²) in [5.41, 5.74) is 0. The minimum atomic E-state index is 0.933. The van der Waals surface area contributed by atoms with Crippen LogP contribution in [0, 0.1) is 0 Å². The monoisotopic (exact) mass is 263 g/mol. The molecule has 0 amide bonds. The molecule has 0 bridgehead atoms. The van der Waals surface area contributed by atoms with Crippen molar-refractivity contribution in [3.8, 4) is 0 Å². The molecule has 1 fully saturated rings. The Hall–Kier alpha value is -1.36. The Morgan fingerprint density at radius 1 is 1.11 bits per heavy atom. The first kappa shape index (κ1) is 14.1. The first-order valence-corrected chi connectivity index (χ1v) is 7.36. The molecule has 0 aromatic carbocycles. The van der Waals surface area contributed by atoms with Gasteiger partial charge in [0.1, 0.15) is 18.0 Å². The van der Waals surface area contributed by atoms with Crippen molar-refractivity contribution >= 4 is 11.6 Å². The van der Waals surface area contributed by atoms with E-state index in [-0.39, 0.29) is 0 Å². The number of rotatable bonds is 6. The smallest absolute Gasteiger partial charge is 0.134 e. The maximum Gasteiger partial charge on any atom is 0.134 e. The zero-order chi connectivity index (χ0) is 13.5. The number of piperazine rings is 1. The first-order valence-electron chi connectivity index (χ1n) is 7.36. The molecular formula is C14H25N5. The van der Waals surface area contributed by atoms with Crippen molar-refractivity contribution < 1.29 is 0 Å². The summed E-state index contributed by atoms with van der Waals surface area (Å²) in [6.07, 6.45) is 4.00. The third-order valence-corrected chi connectivity index (χ3v) is 3.44. The largest absolute Gasteiger partial charge is 0.370 e. The van der Waals surface area contributed by atoms with Gasteiger partial charge in [-0.15, -0.1) is 0 Å². The Bertz CT molecular complexity index is 374. The molecule has 2 heterocycles. The van der Waals surface area contributed by atoms with Crippen LogP contribution in [0.25, 0.3) is 0 Å². The van der Waals surface area contributed by atoms with E-state index in [1.807, 2.05) is 0 Å². The van der Waals surface area contributed by atoms with Crippen molar-refractivity contribution in [2.75, 3.05) is 49.5 Å². The van der Waals surface area contributed by atoms with Crippen molar-refractivity contribution in [1.29, 1.82) is 0 Å². The predicted octanol–water partition coefficient (Wildman–Crippen LogP) is 1.83. The Morgan fingerprint density at radius 2 is 1.89 bits per heavy atom. The lowest BCUT2D eigenvalue weighted by atomic mass is 10.3. The number of hydrogen-bond acceptors (Lipinski definition) is 5. The van der Waals surface area contributed by atoms with Gasteiger partial charge in [0.05, 0.1) is 0 Å². The van der Waals surface area contributed by atoms with Gasteiger partial charge in [0.25, 0.3) is 0 Å². The molecule has 0 saturated carbocycles. The summed E-state index contributed by atoms with van der Waals surface area (Å²) in [6, 6.07) is 2.06. The summed E-state index contributed by atoms with van der Waals surface area (Å²) in [5.74, 6) is 1.98. The van der Waals surface area contributed by atoms with Crippen molar-refractivity contribution in [2.24, 2.45) is 0 Å². The molecule has 19 heavy (non-hydrogen) atoms. The molecule has 0 unspecified atom stereocenters. The Balaban J connectivity index is 1.91. The minimum Gasteiger partial charge on any atom is -0.370 e. The Kier molecular flexibility index (Phi) is 5.39. The van der Waals surface area contributed by atoms with Gasteiger partial charge in [0.15, 0.2) is 0 Å². The second kappa shape index (κ2) is 7.28. The summed E-state index contributed by atoms with van der Waals surface area (Å²) >= 11 is 0. The average Bonchev–Trinajstić information content (AvgIpc) is 2.46. The Morgan fingerprint density at radius 3 is 2.58 bits per heavy atom. The van der Waals surface area contributed by atoms with Crippen LogP contribution >= 0.6 is 0 Å². The predicted molar refractivity (Wildman–Crippen MR) is 79.8 cm³/mol. The molecule has 0 atom stereocenters. The molecule has 2 rings (SSSR count). The maximum atomic E-state index is 4.40. The second-order valence-electron chi connectivity index (χ2n) is 5.02. The number of nitrogens with one attached hydrogen (secondary N) is 1. The quantitative estimate of drug-likeness (QED) is 0.848. The molecule has 106 valence electrons. The number of aromatic nitrogens is 2. The van der Waals surface area contributed by atoms with E-state index in [1.54, 1.807) is 6.33 Å². The van der Waals surface area contributed by atoms with Crippen LogP contribution in [0.5, 0.6) is 0 Å². The minimum absolute atomic E-state index is 0.933. The van der Waals surface area contributed by atoms with E-state index in [0.29, 0.717) is 0 Å². The van der Waals surface area contributed by atoms with E-state index in [2.05, 4.69) is 45.0 Å². The standard InChI is InChI=1S/C14H25N5/c1-3-5-15-13-11-14(17-12-16-13)19-9-7-18(6-4-2)8-10-19/h11-12H,3-10H2,1-2H3,(H,15,16,17).